The Morgan fingerprint density at radius 2 is 2.07 bits per heavy atom. The highest BCUT2D eigenvalue weighted by Crippen LogP contribution is 2.38. The molecule has 1 heterocycles. The van der Waals surface area contributed by atoms with Crippen molar-refractivity contribution >= 4 is 0 Å². The molecule has 2 rings (SSSR count). The lowest BCUT2D eigenvalue weighted by Gasteiger charge is -2.35. The third-order valence-electron chi connectivity index (χ3n) is 3.48. The summed E-state index contributed by atoms with van der Waals surface area (Å²) in [6.07, 6.45) is 9.35. The van der Waals surface area contributed by atoms with Gasteiger partial charge in [0, 0.05) is 6.42 Å². The van der Waals surface area contributed by atoms with E-state index in [1.165, 1.54) is 32.1 Å². The summed E-state index contributed by atoms with van der Waals surface area (Å²) in [6.45, 7) is 0.799. The molecule has 0 radical (unpaired) electrons. The van der Waals surface area contributed by atoms with Gasteiger partial charge in [0.05, 0.1) is 6.26 Å². The van der Waals surface area contributed by atoms with E-state index in [0.717, 1.165) is 18.7 Å². The summed E-state index contributed by atoms with van der Waals surface area (Å²) >= 11 is 0. The maximum atomic E-state index is 5.91. The Bertz CT molecular complexity index is 260. The first-order valence-corrected chi connectivity index (χ1v) is 5.57. The smallest absolute Gasteiger partial charge is 0.104 e. The molecule has 1 fully saturated rings. The summed E-state index contributed by atoms with van der Waals surface area (Å²) in [7, 11) is 0. The third kappa shape index (κ3) is 2.01. The molecule has 2 nitrogen and oxygen atoms in total. The van der Waals surface area contributed by atoms with E-state index in [9.17, 15) is 0 Å². The molecular formula is C12H19NO. The van der Waals surface area contributed by atoms with Gasteiger partial charge in [-0.1, -0.05) is 19.3 Å². The fourth-order valence-electron chi connectivity index (χ4n) is 2.54. The van der Waals surface area contributed by atoms with Crippen LogP contribution in [0.1, 0.15) is 37.9 Å². The highest BCUT2D eigenvalue weighted by atomic mass is 16.3. The van der Waals surface area contributed by atoms with E-state index in [4.69, 9.17) is 10.2 Å². The molecule has 1 aliphatic carbocycles. The Labute approximate surface area is 85.5 Å². The topological polar surface area (TPSA) is 39.2 Å². The zero-order valence-electron chi connectivity index (χ0n) is 8.67. The molecule has 0 spiro atoms. The van der Waals surface area contributed by atoms with Crippen molar-refractivity contribution in [3.05, 3.63) is 24.2 Å². The van der Waals surface area contributed by atoms with Crippen LogP contribution in [0.5, 0.6) is 0 Å². The first kappa shape index (κ1) is 9.78. The largest absolute Gasteiger partial charge is 0.469 e. The average Bonchev–Trinajstić information content (AvgIpc) is 2.72. The fourth-order valence-corrected chi connectivity index (χ4v) is 2.54. The van der Waals surface area contributed by atoms with Gasteiger partial charge in [-0.2, -0.15) is 0 Å². The summed E-state index contributed by atoms with van der Waals surface area (Å²) in [5.74, 6) is 1.09. The quantitative estimate of drug-likeness (QED) is 0.801. The van der Waals surface area contributed by atoms with Gasteiger partial charge in [-0.15, -0.1) is 0 Å². The highest BCUT2D eigenvalue weighted by molar-refractivity contribution is 5.03. The molecule has 1 aromatic rings. The predicted molar refractivity (Wildman–Crippen MR) is 57.0 cm³/mol. The van der Waals surface area contributed by atoms with Crippen molar-refractivity contribution in [2.24, 2.45) is 11.1 Å². The van der Waals surface area contributed by atoms with Crippen LogP contribution >= 0.6 is 0 Å². The van der Waals surface area contributed by atoms with Crippen molar-refractivity contribution in [2.75, 3.05) is 6.54 Å². The minimum atomic E-state index is 0.329. The van der Waals surface area contributed by atoms with Crippen LogP contribution < -0.4 is 5.73 Å². The number of hydrogen-bond donors (Lipinski definition) is 1. The van der Waals surface area contributed by atoms with Crippen molar-refractivity contribution in [2.45, 2.75) is 38.5 Å². The van der Waals surface area contributed by atoms with E-state index in [-0.39, 0.29) is 0 Å². The molecule has 2 heteroatoms. The standard InChI is InChI=1S/C12H19NO/c13-10-12(6-2-1-3-7-12)9-11-5-4-8-14-11/h4-5,8H,1-3,6-7,9-10,13H2. The Morgan fingerprint density at radius 1 is 1.29 bits per heavy atom. The summed E-state index contributed by atoms with van der Waals surface area (Å²) in [4.78, 5) is 0. The zero-order chi connectivity index (χ0) is 9.86. The van der Waals surface area contributed by atoms with Crippen molar-refractivity contribution < 1.29 is 4.42 Å². The second-order valence-electron chi connectivity index (χ2n) is 4.52. The summed E-state index contributed by atoms with van der Waals surface area (Å²) < 4.78 is 5.41. The van der Waals surface area contributed by atoms with Gasteiger partial charge in [-0.05, 0) is 36.9 Å². The lowest BCUT2D eigenvalue weighted by atomic mass is 9.71. The third-order valence-corrected chi connectivity index (χ3v) is 3.48. The monoisotopic (exact) mass is 193 g/mol. The summed E-state index contributed by atoms with van der Waals surface area (Å²) in [6, 6.07) is 4.02. The molecule has 0 amide bonds. The van der Waals surface area contributed by atoms with Crippen LogP contribution in [0.2, 0.25) is 0 Å². The van der Waals surface area contributed by atoms with Crippen molar-refractivity contribution in [1.82, 2.24) is 0 Å². The van der Waals surface area contributed by atoms with Crippen LogP contribution in [0.15, 0.2) is 22.8 Å². The molecule has 2 N–H and O–H groups in total. The lowest BCUT2D eigenvalue weighted by molar-refractivity contribution is 0.186. The minimum absolute atomic E-state index is 0.329. The average molecular weight is 193 g/mol. The van der Waals surface area contributed by atoms with Gasteiger partial charge in [-0.3, -0.25) is 0 Å². The molecular weight excluding hydrogens is 174 g/mol. The second kappa shape index (κ2) is 4.18. The van der Waals surface area contributed by atoms with Crippen molar-refractivity contribution in [1.29, 1.82) is 0 Å². The number of rotatable bonds is 3. The molecule has 0 saturated heterocycles. The maximum Gasteiger partial charge on any atom is 0.104 e. The first-order chi connectivity index (χ1) is 6.85. The number of nitrogens with two attached hydrogens (primary N) is 1. The van der Waals surface area contributed by atoms with Crippen molar-refractivity contribution in [3.63, 3.8) is 0 Å². The molecule has 0 aliphatic heterocycles. The molecule has 1 aromatic heterocycles. The Kier molecular flexibility index (Phi) is 2.92. The molecule has 0 aromatic carbocycles. The molecule has 1 saturated carbocycles. The first-order valence-electron chi connectivity index (χ1n) is 5.57. The highest BCUT2D eigenvalue weighted by Gasteiger charge is 2.31. The van der Waals surface area contributed by atoms with Crippen LogP contribution in [0.3, 0.4) is 0 Å². The van der Waals surface area contributed by atoms with E-state index < -0.39 is 0 Å². The summed E-state index contributed by atoms with van der Waals surface area (Å²) in [5.41, 5.74) is 6.24. The van der Waals surface area contributed by atoms with E-state index in [1.807, 2.05) is 6.07 Å². The van der Waals surface area contributed by atoms with Crippen LogP contribution in [0, 0.1) is 5.41 Å². The fraction of sp³-hybridized carbons (Fsp3) is 0.667. The summed E-state index contributed by atoms with van der Waals surface area (Å²) in [5, 5.41) is 0. The van der Waals surface area contributed by atoms with E-state index in [1.54, 1.807) is 6.26 Å². The van der Waals surface area contributed by atoms with Gasteiger partial charge in [0.25, 0.3) is 0 Å². The molecule has 0 atom stereocenters. The van der Waals surface area contributed by atoms with Crippen LogP contribution in [0.25, 0.3) is 0 Å². The Hall–Kier alpha value is -0.760. The molecule has 14 heavy (non-hydrogen) atoms. The normalized spacial score (nSPS) is 20.9. The van der Waals surface area contributed by atoms with Crippen molar-refractivity contribution in [3.8, 4) is 0 Å². The second-order valence-corrected chi connectivity index (χ2v) is 4.52. The van der Waals surface area contributed by atoms with E-state index >= 15 is 0 Å². The van der Waals surface area contributed by atoms with Crippen LogP contribution in [-0.2, 0) is 6.42 Å². The van der Waals surface area contributed by atoms with Gasteiger partial charge in [0.2, 0.25) is 0 Å². The van der Waals surface area contributed by atoms with Crippen LogP contribution in [0.4, 0.5) is 0 Å². The van der Waals surface area contributed by atoms with Gasteiger partial charge in [-0.25, -0.2) is 0 Å². The minimum Gasteiger partial charge on any atom is -0.469 e. The number of furan rings is 1. The van der Waals surface area contributed by atoms with Gasteiger partial charge in [0.1, 0.15) is 5.76 Å². The molecule has 0 unspecified atom stereocenters. The zero-order valence-corrected chi connectivity index (χ0v) is 8.67. The molecule has 78 valence electrons. The van der Waals surface area contributed by atoms with Crippen LogP contribution in [-0.4, -0.2) is 6.54 Å². The van der Waals surface area contributed by atoms with Gasteiger partial charge >= 0.3 is 0 Å². The van der Waals surface area contributed by atoms with Gasteiger partial charge < -0.3 is 10.2 Å². The SMILES string of the molecule is NCC1(Cc2ccco2)CCCCC1. The predicted octanol–water partition coefficient (Wildman–Crippen LogP) is 2.73. The Morgan fingerprint density at radius 3 is 2.64 bits per heavy atom. The lowest BCUT2D eigenvalue weighted by Crippen LogP contribution is -2.34. The van der Waals surface area contributed by atoms with E-state index in [2.05, 4.69) is 6.07 Å². The molecule has 0 bridgehead atoms. The molecule has 1 aliphatic rings. The number of hydrogen-bond acceptors (Lipinski definition) is 2. The Balaban J connectivity index is 2.04. The van der Waals surface area contributed by atoms with E-state index in [0.29, 0.717) is 5.41 Å². The maximum absolute atomic E-state index is 5.91. The van der Waals surface area contributed by atoms with Gasteiger partial charge in [0.15, 0.2) is 0 Å².